The van der Waals surface area contributed by atoms with Crippen LogP contribution >= 0.6 is 0 Å². The minimum Gasteiger partial charge on any atom is -0.395 e. The van der Waals surface area contributed by atoms with Gasteiger partial charge in [-0.15, -0.1) is 0 Å². The van der Waals surface area contributed by atoms with Gasteiger partial charge >= 0.3 is 0 Å². The zero-order chi connectivity index (χ0) is 19.7. The molecule has 0 unspecified atom stereocenters. The van der Waals surface area contributed by atoms with Gasteiger partial charge in [0.05, 0.1) is 31.5 Å². The van der Waals surface area contributed by atoms with E-state index in [1.165, 1.54) is 38.5 Å². The highest BCUT2D eigenvalue weighted by molar-refractivity contribution is 5.01. The first kappa shape index (κ1) is 21.0. The largest absolute Gasteiger partial charge is 0.395 e. The summed E-state index contributed by atoms with van der Waals surface area (Å²) in [6.07, 6.45) is 8.96. The van der Waals surface area contributed by atoms with Gasteiger partial charge in [-0.2, -0.15) is 0 Å². The second kappa shape index (κ2) is 8.86. The maximum Gasteiger partial charge on any atom is 0.109 e. The first-order chi connectivity index (χ1) is 13.5. The second-order valence-electron chi connectivity index (χ2n) is 10.4. The number of rotatable bonds is 9. The van der Waals surface area contributed by atoms with Crippen molar-refractivity contribution < 1.29 is 25.2 Å². The Labute approximate surface area is 168 Å². The number of hydrogen-bond acceptors (Lipinski definition) is 6. The van der Waals surface area contributed by atoms with Gasteiger partial charge in [-0.05, 0) is 74.5 Å². The van der Waals surface area contributed by atoms with Crippen LogP contribution in [-0.4, -0.2) is 70.6 Å². The Morgan fingerprint density at radius 2 is 1.39 bits per heavy atom. The average Bonchev–Trinajstić information content (AvgIpc) is 2.66. The second-order valence-corrected chi connectivity index (χ2v) is 10.4. The molecule has 6 heteroatoms. The van der Waals surface area contributed by atoms with Crippen molar-refractivity contribution >= 4 is 0 Å². The molecule has 5 fully saturated rings. The average molecular weight is 398 g/mol. The molecular weight excluding hydrogens is 358 g/mol. The minimum atomic E-state index is -1.20. The lowest BCUT2D eigenvalue weighted by molar-refractivity contribution is -0.120. The SMILES string of the molecule is OC[C@H]1N[C@@H](CCCCCOCC23CC4CC(CC(C4)C2)C3)[C@H](O)[C@@H](O)[C@@H]1O. The van der Waals surface area contributed by atoms with Crippen LogP contribution in [0.5, 0.6) is 0 Å². The maximum atomic E-state index is 10.1. The van der Waals surface area contributed by atoms with Crippen LogP contribution in [0.25, 0.3) is 0 Å². The lowest BCUT2D eigenvalue weighted by Gasteiger charge is -2.56. The Morgan fingerprint density at radius 3 is 2.00 bits per heavy atom. The molecule has 0 aromatic rings. The number of aliphatic hydroxyl groups excluding tert-OH is 4. The molecule has 0 amide bonds. The van der Waals surface area contributed by atoms with E-state index in [1.54, 1.807) is 0 Å². The fourth-order valence-corrected chi connectivity index (χ4v) is 7.07. The summed E-state index contributed by atoms with van der Waals surface area (Å²) in [5, 5.41) is 42.3. The first-order valence-corrected chi connectivity index (χ1v) is 11.5. The van der Waals surface area contributed by atoms with Gasteiger partial charge < -0.3 is 30.5 Å². The van der Waals surface area contributed by atoms with Crippen molar-refractivity contribution in [2.24, 2.45) is 23.2 Å². The van der Waals surface area contributed by atoms with E-state index < -0.39 is 24.4 Å². The van der Waals surface area contributed by atoms with Gasteiger partial charge in [0.1, 0.15) is 6.10 Å². The molecule has 5 aliphatic rings. The molecule has 5 atom stereocenters. The molecule has 4 bridgehead atoms. The van der Waals surface area contributed by atoms with Gasteiger partial charge in [-0.3, -0.25) is 0 Å². The fourth-order valence-electron chi connectivity index (χ4n) is 7.07. The van der Waals surface area contributed by atoms with E-state index in [1.807, 2.05) is 0 Å². The van der Waals surface area contributed by atoms with Gasteiger partial charge in [-0.1, -0.05) is 12.8 Å². The maximum absolute atomic E-state index is 10.1. The fraction of sp³-hybridized carbons (Fsp3) is 1.00. The van der Waals surface area contributed by atoms with Crippen LogP contribution in [-0.2, 0) is 4.74 Å². The standard InChI is InChI=1S/C22H39NO5/c24-12-18-20(26)21(27)19(25)17(23-18)4-2-1-3-5-28-13-22-9-14-6-15(10-22)8-16(7-14)11-22/h14-21,23-27H,1-13H2/t14?,15?,16?,17-,18+,19-,20+,21+,22?/m0/s1. The summed E-state index contributed by atoms with van der Waals surface area (Å²) < 4.78 is 6.13. The Kier molecular flexibility index (Phi) is 6.65. The van der Waals surface area contributed by atoms with Crippen molar-refractivity contribution in [1.29, 1.82) is 0 Å². The summed E-state index contributed by atoms with van der Waals surface area (Å²) in [4.78, 5) is 0. The third-order valence-electron chi connectivity index (χ3n) is 8.03. The van der Waals surface area contributed by atoms with Gasteiger partial charge in [0.25, 0.3) is 0 Å². The number of piperidine rings is 1. The molecule has 28 heavy (non-hydrogen) atoms. The van der Waals surface area contributed by atoms with E-state index in [2.05, 4.69) is 5.32 Å². The van der Waals surface area contributed by atoms with Crippen molar-refractivity contribution in [3.05, 3.63) is 0 Å². The predicted molar refractivity (Wildman–Crippen MR) is 106 cm³/mol. The van der Waals surface area contributed by atoms with Crippen LogP contribution < -0.4 is 5.32 Å². The molecule has 0 spiro atoms. The summed E-state index contributed by atoms with van der Waals surface area (Å²) in [6, 6.07) is -0.865. The summed E-state index contributed by atoms with van der Waals surface area (Å²) in [5.74, 6) is 2.92. The lowest BCUT2D eigenvalue weighted by atomic mass is 9.50. The highest BCUT2D eigenvalue weighted by Crippen LogP contribution is 2.60. The molecule has 1 heterocycles. The van der Waals surface area contributed by atoms with Crippen LogP contribution in [0.3, 0.4) is 0 Å². The molecule has 4 aliphatic carbocycles. The van der Waals surface area contributed by atoms with Gasteiger partial charge in [-0.25, -0.2) is 0 Å². The third kappa shape index (κ3) is 4.42. The topological polar surface area (TPSA) is 102 Å². The monoisotopic (exact) mass is 397 g/mol. The van der Waals surface area contributed by atoms with Crippen molar-refractivity contribution in [1.82, 2.24) is 5.32 Å². The zero-order valence-corrected chi connectivity index (χ0v) is 17.0. The van der Waals surface area contributed by atoms with Crippen molar-refractivity contribution in [2.45, 2.75) is 94.6 Å². The third-order valence-corrected chi connectivity index (χ3v) is 8.03. The Balaban J connectivity index is 1.11. The van der Waals surface area contributed by atoms with E-state index in [9.17, 15) is 20.4 Å². The molecule has 162 valence electrons. The number of aliphatic hydroxyl groups is 4. The van der Waals surface area contributed by atoms with Crippen LogP contribution in [0, 0.1) is 23.2 Å². The molecule has 0 aromatic carbocycles. The Hall–Kier alpha value is -0.240. The number of hydrogen-bond donors (Lipinski definition) is 5. The van der Waals surface area contributed by atoms with E-state index in [4.69, 9.17) is 4.74 Å². The highest BCUT2D eigenvalue weighted by Gasteiger charge is 2.50. The van der Waals surface area contributed by atoms with Crippen molar-refractivity contribution in [3.63, 3.8) is 0 Å². The molecule has 1 aliphatic heterocycles. The van der Waals surface area contributed by atoms with Gasteiger partial charge in [0.2, 0.25) is 0 Å². The van der Waals surface area contributed by atoms with Gasteiger partial charge in [0, 0.05) is 12.6 Å². The lowest BCUT2D eigenvalue weighted by Crippen LogP contribution is -2.65. The molecule has 1 saturated heterocycles. The minimum absolute atomic E-state index is 0.250. The molecule has 6 nitrogen and oxygen atoms in total. The van der Waals surface area contributed by atoms with E-state index in [-0.39, 0.29) is 12.6 Å². The van der Waals surface area contributed by atoms with E-state index >= 15 is 0 Å². The van der Waals surface area contributed by atoms with Crippen molar-refractivity contribution in [3.8, 4) is 0 Å². The molecule has 0 aromatic heterocycles. The number of unbranched alkanes of at least 4 members (excludes halogenated alkanes) is 2. The summed E-state index contributed by atoms with van der Waals surface area (Å²) >= 11 is 0. The van der Waals surface area contributed by atoms with E-state index in [0.29, 0.717) is 5.41 Å². The Bertz CT molecular complexity index is 478. The van der Waals surface area contributed by atoms with Crippen LogP contribution in [0.1, 0.15) is 64.2 Å². The number of nitrogens with one attached hydrogen (secondary N) is 1. The van der Waals surface area contributed by atoms with Crippen LogP contribution in [0.15, 0.2) is 0 Å². The predicted octanol–water partition coefficient (Wildman–Crippen LogP) is 1.20. The molecular formula is C22H39NO5. The van der Waals surface area contributed by atoms with Crippen molar-refractivity contribution in [2.75, 3.05) is 19.8 Å². The normalized spacial score (nSPS) is 47.6. The van der Waals surface area contributed by atoms with E-state index in [0.717, 1.165) is 56.7 Å². The molecule has 5 rings (SSSR count). The summed E-state index contributed by atoms with van der Waals surface area (Å²) in [6.45, 7) is 1.50. The molecule has 5 N–H and O–H groups in total. The Morgan fingerprint density at radius 1 is 0.786 bits per heavy atom. The first-order valence-electron chi connectivity index (χ1n) is 11.5. The zero-order valence-electron chi connectivity index (χ0n) is 17.0. The summed E-state index contributed by atoms with van der Waals surface area (Å²) in [7, 11) is 0. The van der Waals surface area contributed by atoms with Crippen LogP contribution in [0.4, 0.5) is 0 Å². The summed E-state index contributed by atoms with van der Waals surface area (Å²) in [5.41, 5.74) is 0.487. The molecule has 0 radical (unpaired) electrons. The highest BCUT2D eigenvalue weighted by atomic mass is 16.5. The van der Waals surface area contributed by atoms with Crippen LogP contribution in [0.2, 0.25) is 0 Å². The van der Waals surface area contributed by atoms with Gasteiger partial charge in [0.15, 0.2) is 0 Å². The quantitative estimate of drug-likeness (QED) is 0.375. The molecule has 4 saturated carbocycles. The number of ether oxygens (including phenoxy) is 1. The smallest absolute Gasteiger partial charge is 0.109 e.